The minimum Gasteiger partial charge on any atom is -0.275 e. The number of thiazole rings is 1. The average molecular weight is 243 g/mol. The maximum Gasteiger partial charge on any atom is 0.261 e. The van der Waals surface area contributed by atoms with Crippen LogP contribution in [0.1, 0.15) is 11.4 Å². The second kappa shape index (κ2) is 3.78. The quantitative estimate of drug-likeness (QED) is 0.641. The summed E-state index contributed by atoms with van der Waals surface area (Å²) in [4.78, 5) is 16.6. The molecule has 0 amide bonds. The first-order chi connectivity index (χ1) is 8.24. The molecule has 1 aromatic carbocycles. The summed E-state index contributed by atoms with van der Waals surface area (Å²) in [6.07, 6.45) is 1.83. The average Bonchev–Trinajstić information content (AvgIpc) is 2.79. The second-order valence-electron chi connectivity index (χ2n) is 3.68. The Bertz CT molecular complexity index is 773. The number of fused-ring (bicyclic) bond motifs is 1. The maximum atomic E-state index is 11.8. The number of nitrogens with zero attached hydrogens (tertiary/aromatic N) is 3. The van der Waals surface area contributed by atoms with Gasteiger partial charge in [-0.2, -0.15) is 9.61 Å². The molecule has 5 heteroatoms. The van der Waals surface area contributed by atoms with Crippen molar-refractivity contribution in [2.24, 2.45) is 0 Å². The number of hydrogen-bond acceptors (Lipinski definition) is 4. The smallest absolute Gasteiger partial charge is 0.261 e. The molecular weight excluding hydrogens is 234 g/mol. The standard InChI is InChI=1S/C12H9N3OS/c1-8-13-12-15(14-8)10(11(16)17-12)7-9-5-3-2-4-6-9/h2-7H,1H3. The Morgan fingerprint density at radius 2 is 2.06 bits per heavy atom. The molecule has 0 atom stereocenters. The van der Waals surface area contributed by atoms with Gasteiger partial charge in [-0.1, -0.05) is 41.7 Å². The Kier molecular flexibility index (Phi) is 2.26. The van der Waals surface area contributed by atoms with Gasteiger partial charge in [-0.3, -0.25) is 4.79 Å². The molecule has 0 saturated heterocycles. The van der Waals surface area contributed by atoms with Gasteiger partial charge >= 0.3 is 0 Å². The highest BCUT2D eigenvalue weighted by Crippen LogP contribution is 2.02. The highest BCUT2D eigenvalue weighted by molar-refractivity contribution is 7.14. The number of aromatic nitrogens is 3. The van der Waals surface area contributed by atoms with Gasteiger partial charge in [-0.05, 0) is 18.6 Å². The molecule has 0 aliphatic carbocycles. The van der Waals surface area contributed by atoms with Gasteiger partial charge in [0.25, 0.3) is 4.74 Å². The second-order valence-corrected chi connectivity index (χ2v) is 4.62. The van der Waals surface area contributed by atoms with Gasteiger partial charge < -0.3 is 0 Å². The molecule has 2 aromatic heterocycles. The highest BCUT2D eigenvalue weighted by Gasteiger charge is 2.06. The lowest BCUT2D eigenvalue weighted by Crippen LogP contribution is -2.24. The van der Waals surface area contributed by atoms with Crippen molar-refractivity contribution in [3.63, 3.8) is 0 Å². The summed E-state index contributed by atoms with van der Waals surface area (Å²) in [5.41, 5.74) is 0.984. The summed E-state index contributed by atoms with van der Waals surface area (Å²) in [7, 11) is 0. The van der Waals surface area contributed by atoms with Crippen molar-refractivity contribution < 1.29 is 0 Å². The van der Waals surface area contributed by atoms with Crippen molar-refractivity contribution in [3.05, 3.63) is 56.6 Å². The Balaban J connectivity index is 2.33. The number of benzene rings is 1. The normalized spacial score (nSPS) is 12.4. The van der Waals surface area contributed by atoms with Crippen LogP contribution in [-0.4, -0.2) is 14.6 Å². The van der Waals surface area contributed by atoms with E-state index in [-0.39, 0.29) is 4.74 Å². The third-order valence-electron chi connectivity index (χ3n) is 2.41. The minimum atomic E-state index is -0.0103. The molecule has 0 aliphatic rings. The van der Waals surface area contributed by atoms with Crippen LogP contribution in [0.15, 0.2) is 35.1 Å². The topological polar surface area (TPSA) is 47.3 Å². The fraction of sp³-hybridized carbons (Fsp3) is 0.0833. The molecule has 3 aromatic rings. The van der Waals surface area contributed by atoms with E-state index in [0.717, 1.165) is 16.9 Å². The SMILES string of the molecule is Cc1nc2sc(=O)c(=Cc3ccccc3)n2n1. The molecule has 0 radical (unpaired) electrons. The molecule has 0 aliphatic heterocycles. The first kappa shape index (κ1) is 10.2. The molecule has 4 nitrogen and oxygen atoms in total. The van der Waals surface area contributed by atoms with Crippen molar-refractivity contribution in [3.8, 4) is 0 Å². The maximum absolute atomic E-state index is 11.8. The number of hydrogen-bond donors (Lipinski definition) is 0. The molecule has 2 heterocycles. The van der Waals surface area contributed by atoms with Gasteiger partial charge in [0.2, 0.25) is 4.96 Å². The summed E-state index contributed by atoms with van der Waals surface area (Å²) in [5.74, 6) is 0.680. The van der Waals surface area contributed by atoms with Gasteiger partial charge in [-0.25, -0.2) is 4.98 Å². The fourth-order valence-corrected chi connectivity index (χ4v) is 2.49. The largest absolute Gasteiger partial charge is 0.275 e. The molecule has 3 rings (SSSR count). The van der Waals surface area contributed by atoms with Crippen LogP contribution >= 0.6 is 11.3 Å². The Morgan fingerprint density at radius 1 is 1.29 bits per heavy atom. The monoisotopic (exact) mass is 243 g/mol. The van der Waals surface area contributed by atoms with Crippen molar-refractivity contribution >= 4 is 22.4 Å². The van der Waals surface area contributed by atoms with E-state index in [2.05, 4.69) is 10.1 Å². The third kappa shape index (κ3) is 1.74. The Morgan fingerprint density at radius 3 is 2.82 bits per heavy atom. The van der Waals surface area contributed by atoms with Crippen molar-refractivity contribution in [1.29, 1.82) is 0 Å². The van der Waals surface area contributed by atoms with E-state index in [1.54, 1.807) is 4.52 Å². The minimum absolute atomic E-state index is 0.0103. The third-order valence-corrected chi connectivity index (χ3v) is 3.25. The molecule has 17 heavy (non-hydrogen) atoms. The molecule has 0 fully saturated rings. The zero-order chi connectivity index (χ0) is 11.8. The van der Waals surface area contributed by atoms with Crippen molar-refractivity contribution in [2.45, 2.75) is 6.92 Å². The van der Waals surface area contributed by atoms with E-state index >= 15 is 0 Å². The molecule has 84 valence electrons. The van der Waals surface area contributed by atoms with Crippen LogP contribution < -0.4 is 10.1 Å². The number of aryl methyl sites for hydroxylation is 1. The lowest BCUT2D eigenvalue weighted by molar-refractivity contribution is 0.908. The summed E-state index contributed by atoms with van der Waals surface area (Å²) >= 11 is 1.12. The summed E-state index contributed by atoms with van der Waals surface area (Å²) in [6.45, 7) is 1.82. The van der Waals surface area contributed by atoms with Crippen molar-refractivity contribution in [2.75, 3.05) is 0 Å². The van der Waals surface area contributed by atoms with E-state index in [1.807, 2.05) is 43.3 Å². The predicted molar refractivity (Wildman–Crippen MR) is 67.1 cm³/mol. The summed E-state index contributed by atoms with van der Waals surface area (Å²) in [5, 5.41) is 4.78. The lowest BCUT2D eigenvalue weighted by Gasteiger charge is -1.89. The van der Waals surface area contributed by atoms with Gasteiger partial charge in [0.05, 0.1) is 0 Å². The van der Waals surface area contributed by atoms with E-state index in [9.17, 15) is 4.79 Å². The Labute approximate surface area is 101 Å². The van der Waals surface area contributed by atoms with Gasteiger partial charge in [-0.15, -0.1) is 0 Å². The van der Waals surface area contributed by atoms with E-state index in [1.165, 1.54) is 0 Å². The van der Waals surface area contributed by atoms with Crippen molar-refractivity contribution in [1.82, 2.24) is 14.6 Å². The molecule has 0 bridgehead atoms. The first-order valence-corrected chi connectivity index (χ1v) is 5.98. The zero-order valence-electron chi connectivity index (χ0n) is 9.12. The predicted octanol–water partition coefficient (Wildman–Crippen LogP) is 1.01. The lowest BCUT2D eigenvalue weighted by atomic mass is 10.2. The van der Waals surface area contributed by atoms with Crippen LogP contribution in [-0.2, 0) is 0 Å². The van der Waals surface area contributed by atoms with E-state index in [0.29, 0.717) is 16.1 Å². The molecule has 0 saturated carbocycles. The zero-order valence-corrected chi connectivity index (χ0v) is 9.94. The van der Waals surface area contributed by atoms with Gasteiger partial charge in [0.15, 0.2) is 0 Å². The van der Waals surface area contributed by atoms with Gasteiger partial charge in [0.1, 0.15) is 11.2 Å². The van der Waals surface area contributed by atoms with Crippen LogP contribution in [0.25, 0.3) is 11.0 Å². The van der Waals surface area contributed by atoms with E-state index in [4.69, 9.17) is 0 Å². The summed E-state index contributed by atoms with van der Waals surface area (Å²) < 4.78 is 1.60. The molecule has 0 N–H and O–H groups in total. The highest BCUT2D eigenvalue weighted by atomic mass is 32.1. The van der Waals surface area contributed by atoms with Crippen LogP contribution in [0.2, 0.25) is 0 Å². The Hall–Kier alpha value is -2.01. The van der Waals surface area contributed by atoms with E-state index < -0.39 is 0 Å². The first-order valence-electron chi connectivity index (χ1n) is 5.17. The van der Waals surface area contributed by atoms with Crippen LogP contribution in [0.4, 0.5) is 0 Å². The molecule has 0 unspecified atom stereocenters. The van der Waals surface area contributed by atoms with Gasteiger partial charge in [0, 0.05) is 0 Å². The van der Waals surface area contributed by atoms with Crippen LogP contribution in [0.5, 0.6) is 0 Å². The van der Waals surface area contributed by atoms with Crippen LogP contribution in [0, 0.1) is 6.92 Å². The fourth-order valence-electron chi connectivity index (χ4n) is 1.67. The molecule has 0 spiro atoms. The summed E-state index contributed by atoms with van der Waals surface area (Å²) in [6, 6.07) is 9.72. The number of rotatable bonds is 1. The van der Waals surface area contributed by atoms with Crippen LogP contribution in [0.3, 0.4) is 0 Å². The molecular formula is C12H9N3OS.